The molecule has 10 heteroatoms. The van der Waals surface area contributed by atoms with Gasteiger partial charge in [-0.2, -0.15) is 13.2 Å². The number of aromatic nitrogens is 2. The lowest BCUT2D eigenvalue weighted by molar-refractivity contribution is -0.149. The SMILES string of the molecule is CC1Cc2noc(C(=O)N[C@H](C)C(F)(F)F)c2CN1C(=O)c1cc2ccccc2[nH]1. The Bertz CT molecular complexity index is 1090. The van der Waals surface area contributed by atoms with Crippen molar-refractivity contribution in [3.63, 3.8) is 0 Å². The molecule has 3 heterocycles. The molecule has 2 aromatic heterocycles. The van der Waals surface area contributed by atoms with Gasteiger partial charge in [-0.05, 0) is 26.0 Å². The molecule has 0 saturated carbocycles. The highest BCUT2D eigenvalue weighted by atomic mass is 19.4. The van der Waals surface area contributed by atoms with Gasteiger partial charge in [-0.15, -0.1) is 0 Å². The van der Waals surface area contributed by atoms with Crippen LogP contribution in [-0.4, -0.2) is 45.1 Å². The van der Waals surface area contributed by atoms with Gasteiger partial charge in [0.05, 0.1) is 12.2 Å². The van der Waals surface area contributed by atoms with E-state index in [0.29, 0.717) is 23.4 Å². The number of rotatable bonds is 3. The minimum absolute atomic E-state index is 0.0113. The van der Waals surface area contributed by atoms with E-state index in [1.54, 1.807) is 11.0 Å². The summed E-state index contributed by atoms with van der Waals surface area (Å²) in [6.07, 6.45) is -4.26. The summed E-state index contributed by atoms with van der Waals surface area (Å²) in [6.45, 7) is 2.69. The van der Waals surface area contributed by atoms with Crippen molar-refractivity contribution in [2.24, 2.45) is 0 Å². The Labute approximate surface area is 169 Å². The zero-order valence-corrected chi connectivity index (χ0v) is 16.2. The zero-order valence-electron chi connectivity index (χ0n) is 16.2. The number of carbonyl (C=O) groups is 2. The van der Waals surface area contributed by atoms with Crippen LogP contribution >= 0.6 is 0 Å². The largest absolute Gasteiger partial charge is 0.408 e. The number of carbonyl (C=O) groups excluding carboxylic acids is 2. The van der Waals surface area contributed by atoms with E-state index in [9.17, 15) is 22.8 Å². The van der Waals surface area contributed by atoms with Crippen LogP contribution in [0.5, 0.6) is 0 Å². The number of benzene rings is 1. The van der Waals surface area contributed by atoms with Gasteiger partial charge in [-0.1, -0.05) is 23.4 Å². The highest BCUT2D eigenvalue weighted by molar-refractivity contribution is 5.98. The summed E-state index contributed by atoms with van der Waals surface area (Å²) in [6, 6.07) is 6.92. The number of hydrogen-bond donors (Lipinski definition) is 2. The molecule has 4 rings (SSSR count). The molecule has 1 aliphatic heterocycles. The Morgan fingerprint density at radius 1 is 1.33 bits per heavy atom. The van der Waals surface area contributed by atoms with Gasteiger partial charge in [-0.25, -0.2) is 0 Å². The maximum absolute atomic E-state index is 13.1. The second-order valence-corrected chi connectivity index (χ2v) is 7.43. The van der Waals surface area contributed by atoms with E-state index in [1.807, 2.05) is 36.5 Å². The molecule has 0 spiro atoms. The first-order valence-electron chi connectivity index (χ1n) is 9.39. The van der Waals surface area contributed by atoms with E-state index >= 15 is 0 Å². The predicted octanol–water partition coefficient (Wildman–Crippen LogP) is 3.42. The quantitative estimate of drug-likeness (QED) is 0.679. The van der Waals surface area contributed by atoms with Crippen molar-refractivity contribution in [3.05, 3.63) is 53.0 Å². The summed E-state index contributed by atoms with van der Waals surface area (Å²) in [4.78, 5) is 30.0. The lowest BCUT2D eigenvalue weighted by Crippen LogP contribution is -2.45. The van der Waals surface area contributed by atoms with Crippen LogP contribution in [0.4, 0.5) is 13.2 Å². The van der Waals surface area contributed by atoms with E-state index in [0.717, 1.165) is 17.8 Å². The first-order valence-corrected chi connectivity index (χ1v) is 9.39. The highest BCUT2D eigenvalue weighted by Gasteiger charge is 2.39. The molecule has 1 aliphatic rings. The summed E-state index contributed by atoms with van der Waals surface area (Å²) in [7, 11) is 0. The van der Waals surface area contributed by atoms with Crippen LogP contribution in [0.1, 0.15) is 46.1 Å². The number of hydrogen-bond acceptors (Lipinski definition) is 4. The van der Waals surface area contributed by atoms with Gasteiger partial charge in [0.2, 0.25) is 5.76 Å². The first-order chi connectivity index (χ1) is 14.1. The molecule has 7 nitrogen and oxygen atoms in total. The van der Waals surface area contributed by atoms with Crippen molar-refractivity contribution in [1.82, 2.24) is 20.4 Å². The summed E-state index contributed by atoms with van der Waals surface area (Å²) in [5, 5.41) is 6.59. The van der Waals surface area contributed by atoms with E-state index in [-0.39, 0.29) is 24.3 Å². The number of aromatic amines is 1. The van der Waals surface area contributed by atoms with Gasteiger partial charge in [-0.3, -0.25) is 9.59 Å². The summed E-state index contributed by atoms with van der Waals surface area (Å²) in [5.74, 6) is -1.59. The zero-order chi connectivity index (χ0) is 21.6. The van der Waals surface area contributed by atoms with Gasteiger partial charge in [0.15, 0.2) is 0 Å². The first kappa shape index (κ1) is 20.0. The number of H-pyrrole nitrogens is 1. The van der Waals surface area contributed by atoms with Gasteiger partial charge >= 0.3 is 6.18 Å². The Morgan fingerprint density at radius 3 is 2.77 bits per heavy atom. The molecule has 2 N–H and O–H groups in total. The fourth-order valence-corrected chi connectivity index (χ4v) is 3.52. The molecule has 0 bridgehead atoms. The summed E-state index contributed by atoms with van der Waals surface area (Å²) in [5.41, 5.74) is 1.99. The average Bonchev–Trinajstić information content (AvgIpc) is 3.29. The fourth-order valence-electron chi connectivity index (χ4n) is 3.52. The second-order valence-electron chi connectivity index (χ2n) is 7.43. The third kappa shape index (κ3) is 3.53. The molecule has 3 aromatic rings. The second kappa shape index (κ2) is 7.19. The van der Waals surface area contributed by atoms with Crippen LogP contribution < -0.4 is 5.32 Å². The van der Waals surface area contributed by atoms with Crippen LogP contribution in [0.15, 0.2) is 34.9 Å². The topological polar surface area (TPSA) is 91.2 Å². The maximum atomic E-state index is 13.1. The fraction of sp³-hybridized carbons (Fsp3) is 0.350. The van der Waals surface area contributed by atoms with Crippen LogP contribution in [0, 0.1) is 0 Å². The van der Waals surface area contributed by atoms with Gasteiger partial charge < -0.3 is 19.7 Å². The monoisotopic (exact) mass is 420 g/mol. The number of halogens is 3. The van der Waals surface area contributed by atoms with Crippen LogP contribution in [0.2, 0.25) is 0 Å². The van der Waals surface area contributed by atoms with Crippen LogP contribution in [0.3, 0.4) is 0 Å². The lowest BCUT2D eigenvalue weighted by Gasteiger charge is -2.32. The molecule has 0 fully saturated rings. The van der Waals surface area contributed by atoms with E-state index < -0.39 is 18.1 Å². The molecule has 0 saturated heterocycles. The van der Waals surface area contributed by atoms with Crippen molar-refractivity contribution < 1.29 is 27.3 Å². The van der Waals surface area contributed by atoms with E-state index in [4.69, 9.17) is 4.52 Å². The molecular formula is C20H19F3N4O3. The molecule has 0 radical (unpaired) electrons. The minimum Gasteiger partial charge on any atom is -0.351 e. The Kier molecular flexibility index (Phi) is 4.79. The molecular weight excluding hydrogens is 401 g/mol. The summed E-state index contributed by atoms with van der Waals surface area (Å²) < 4.78 is 43.4. The highest BCUT2D eigenvalue weighted by Crippen LogP contribution is 2.28. The normalized spacial score (nSPS) is 17.6. The van der Waals surface area contributed by atoms with Crippen molar-refractivity contribution in [3.8, 4) is 0 Å². The van der Waals surface area contributed by atoms with Crippen molar-refractivity contribution in [1.29, 1.82) is 0 Å². The molecule has 1 aromatic carbocycles. The Morgan fingerprint density at radius 2 is 2.07 bits per heavy atom. The van der Waals surface area contributed by atoms with Gasteiger partial charge in [0.1, 0.15) is 11.7 Å². The van der Waals surface area contributed by atoms with Crippen molar-refractivity contribution in [2.45, 2.75) is 45.1 Å². The number of nitrogens with zero attached hydrogens (tertiary/aromatic N) is 2. The number of nitrogens with one attached hydrogen (secondary N) is 2. The standard InChI is InChI=1S/C20H19F3N4O3/c1-10-7-15-13(17(30-26-15)18(28)24-11(2)20(21,22)23)9-27(10)19(29)16-8-12-5-3-4-6-14(12)25-16/h3-6,8,10-11,25H,7,9H2,1-2H3,(H,24,28)/t10?,11-/m1/s1. The number of alkyl halides is 3. The molecule has 30 heavy (non-hydrogen) atoms. The maximum Gasteiger partial charge on any atom is 0.408 e. The predicted molar refractivity (Wildman–Crippen MR) is 101 cm³/mol. The molecule has 2 atom stereocenters. The molecule has 158 valence electrons. The number of fused-ring (bicyclic) bond motifs is 2. The van der Waals surface area contributed by atoms with E-state index in [2.05, 4.69) is 10.1 Å². The van der Waals surface area contributed by atoms with Crippen molar-refractivity contribution >= 4 is 22.7 Å². The number of para-hydroxylation sites is 1. The Balaban J connectivity index is 1.58. The molecule has 2 amide bonds. The molecule has 1 unspecified atom stereocenters. The Hall–Kier alpha value is -3.30. The smallest absolute Gasteiger partial charge is 0.351 e. The van der Waals surface area contributed by atoms with Gasteiger partial charge in [0, 0.05) is 28.9 Å². The number of amides is 2. The van der Waals surface area contributed by atoms with Gasteiger partial charge in [0.25, 0.3) is 11.8 Å². The third-order valence-corrected chi connectivity index (χ3v) is 5.28. The summed E-state index contributed by atoms with van der Waals surface area (Å²) >= 11 is 0. The van der Waals surface area contributed by atoms with Crippen LogP contribution in [0.25, 0.3) is 10.9 Å². The molecule has 0 aliphatic carbocycles. The van der Waals surface area contributed by atoms with Crippen LogP contribution in [-0.2, 0) is 13.0 Å². The van der Waals surface area contributed by atoms with E-state index in [1.165, 1.54) is 0 Å². The average molecular weight is 420 g/mol. The van der Waals surface area contributed by atoms with Crippen molar-refractivity contribution in [2.75, 3.05) is 0 Å². The third-order valence-electron chi connectivity index (χ3n) is 5.28. The lowest BCUT2D eigenvalue weighted by atomic mass is 9.99. The minimum atomic E-state index is -4.58.